The summed E-state index contributed by atoms with van der Waals surface area (Å²) in [5.41, 5.74) is 6.79. The number of primary amides is 1. The highest BCUT2D eigenvalue weighted by Gasteiger charge is 2.30. The molecular formula is C15H24N2O2. The molecule has 4 heteroatoms. The van der Waals surface area contributed by atoms with E-state index in [-0.39, 0.29) is 6.61 Å². The highest BCUT2D eigenvalue weighted by Crippen LogP contribution is 2.28. The van der Waals surface area contributed by atoms with Gasteiger partial charge in [-0.2, -0.15) is 0 Å². The van der Waals surface area contributed by atoms with Crippen molar-refractivity contribution in [2.24, 2.45) is 5.73 Å². The van der Waals surface area contributed by atoms with Crippen molar-refractivity contribution in [3.8, 4) is 5.75 Å². The van der Waals surface area contributed by atoms with Gasteiger partial charge in [-0.1, -0.05) is 26.0 Å². The summed E-state index contributed by atoms with van der Waals surface area (Å²) in [6.07, 6.45) is 0. The van der Waals surface area contributed by atoms with Gasteiger partial charge in [-0.15, -0.1) is 0 Å². The second-order valence-electron chi connectivity index (χ2n) is 5.43. The lowest BCUT2D eigenvalue weighted by Crippen LogP contribution is -2.55. The second kappa shape index (κ2) is 6.06. The molecule has 1 aromatic carbocycles. The van der Waals surface area contributed by atoms with Crippen molar-refractivity contribution in [1.29, 1.82) is 0 Å². The molecule has 1 aromatic rings. The Kier molecular flexibility index (Phi) is 4.95. The molecule has 19 heavy (non-hydrogen) atoms. The summed E-state index contributed by atoms with van der Waals surface area (Å²) in [6, 6.07) is 6.12. The molecule has 0 aliphatic carbocycles. The van der Waals surface area contributed by atoms with Gasteiger partial charge in [0.05, 0.1) is 0 Å². The van der Waals surface area contributed by atoms with E-state index in [4.69, 9.17) is 10.5 Å². The van der Waals surface area contributed by atoms with Crippen LogP contribution in [-0.4, -0.2) is 25.1 Å². The number of benzene rings is 1. The third-order valence-electron chi connectivity index (χ3n) is 3.40. The van der Waals surface area contributed by atoms with Crippen LogP contribution < -0.4 is 15.8 Å². The molecule has 1 rings (SSSR count). The summed E-state index contributed by atoms with van der Waals surface area (Å²) < 4.78 is 5.83. The molecule has 0 spiro atoms. The number of rotatable bonds is 6. The van der Waals surface area contributed by atoms with Crippen molar-refractivity contribution in [3.05, 3.63) is 29.3 Å². The fourth-order valence-corrected chi connectivity index (χ4v) is 1.73. The van der Waals surface area contributed by atoms with Crippen LogP contribution in [0.15, 0.2) is 18.2 Å². The number of nitrogens with two attached hydrogens (primary N) is 1. The summed E-state index contributed by atoms with van der Waals surface area (Å²) >= 11 is 0. The Bertz CT molecular complexity index is 457. The lowest BCUT2D eigenvalue weighted by Gasteiger charge is -2.26. The SMILES string of the molecule is CNC(C)(COc1cc(C)ccc1C(C)C)C(N)=O. The number of hydrogen-bond donors (Lipinski definition) is 2. The fourth-order valence-electron chi connectivity index (χ4n) is 1.73. The van der Waals surface area contributed by atoms with Gasteiger partial charge in [0, 0.05) is 0 Å². The van der Waals surface area contributed by atoms with Crippen molar-refractivity contribution in [3.63, 3.8) is 0 Å². The highest BCUT2D eigenvalue weighted by molar-refractivity contribution is 5.84. The number of aryl methyl sites for hydroxylation is 1. The van der Waals surface area contributed by atoms with Gasteiger partial charge in [-0.05, 0) is 44.0 Å². The average Bonchev–Trinajstić information content (AvgIpc) is 2.35. The molecule has 1 atom stereocenters. The predicted molar refractivity (Wildman–Crippen MR) is 77.4 cm³/mol. The van der Waals surface area contributed by atoms with Crippen molar-refractivity contribution < 1.29 is 9.53 Å². The Hall–Kier alpha value is -1.55. The number of likely N-dealkylation sites (N-methyl/N-ethyl adjacent to an activating group) is 1. The third-order valence-corrected chi connectivity index (χ3v) is 3.40. The number of carbonyl (C=O) groups excluding carboxylic acids is 1. The van der Waals surface area contributed by atoms with E-state index in [0.29, 0.717) is 5.92 Å². The van der Waals surface area contributed by atoms with Crippen LogP contribution in [0.1, 0.15) is 37.8 Å². The van der Waals surface area contributed by atoms with Gasteiger partial charge in [0.25, 0.3) is 0 Å². The van der Waals surface area contributed by atoms with E-state index in [1.807, 2.05) is 13.0 Å². The van der Waals surface area contributed by atoms with Crippen LogP contribution in [-0.2, 0) is 4.79 Å². The van der Waals surface area contributed by atoms with E-state index >= 15 is 0 Å². The van der Waals surface area contributed by atoms with E-state index in [9.17, 15) is 4.79 Å². The Labute approximate surface area is 115 Å². The molecule has 1 unspecified atom stereocenters. The second-order valence-corrected chi connectivity index (χ2v) is 5.43. The van der Waals surface area contributed by atoms with Gasteiger partial charge < -0.3 is 15.8 Å². The first-order chi connectivity index (χ1) is 8.80. The number of hydrogen-bond acceptors (Lipinski definition) is 3. The molecule has 1 amide bonds. The van der Waals surface area contributed by atoms with Crippen LogP contribution in [0, 0.1) is 6.92 Å². The first-order valence-corrected chi connectivity index (χ1v) is 6.52. The first-order valence-electron chi connectivity index (χ1n) is 6.52. The minimum absolute atomic E-state index is 0.210. The predicted octanol–water partition coefficient (Wildman–Crippen LogP) is 1.96. The zero-order chi connectivity index (χ0) is 14.6. The molecule has 0 saturated heterocycles. The van der Waals surface area contributed by atoms with Gasteiger partial charge in [0.2, 0.25) is 5.91 Å². The summed E-state index contributed by atoms with van der Waals surface area (Å²) in [6.45, 7) is 8.19. The zero-order valence-corrected chi connectivity index (χ0v) is 12.4. The van der Waals surface area contributed by atoms with Gasteiger partial charge in [-0.25, -0.2) is 0 Å². The van der Waals surface area contributed by atoms with Crippen molar-refractivity contribution in [1.82, 2.24) is 5.32 Å². The third kappa shape index (κ3) is 3.70. The first kappa shape index (κ1) is 15.5. The van der Waals surface area contributed by atoms with Crippen LogP contribution in [0.3, 0.4) is 0 Å². The van der Waals surface area contributed by atoms with E-state index in [0.717, 1.165) is 16.9 Å². The molecule has 0 aliphatic rings. The molecule has 0 saturated carbocycles. The van der Waals surface area contributed by atoms with Crippen LogP contribution >= 0.6 is 0 Å². The molecule has 4 nitrogen and oxygen atoms in total. The van der Waals surface area contributed by atoms with E-state index in [2.05, 4.69) is 31.3 Å². The molecule has 0 bridgehead atoms. The van der Waals surface area contributed by atoms with Crippen molar-refractivity contribution in [2.75, 3.05) is 13.7 Å². The van der Waals surface area contributed by atoms with Gasteiger partial charge in [-0.3, -0.25) is 4.79 Å². The summed E-state index contributed by atoms with van der Waals surface area (Å²) in [7, 11) is 1.70. The van der Waals surface area contributed by atoms with Crippen molar-refractivity contribution in [2.45, 2.75) is 39.2 Å². The minimum Gasteiger partial charge on any atom is -0.491 e. The number of ether oxygens (including phenoxy) is 1. The maximum absolute atomic E-state index is 11.4. The maximum Gasteiger partial charge on any atom is 0.240 e. The Morgan fingerprint density at radius 1 is 1.47 bits per heavy atom. The normalized spacial score (nSPS) is 14.2. The molecule has 0 aliphatic heterocycles. The van der Waals surface area contributed by atoms with Gasteiger partial charge in [0.1, 0.15) is 17.9 Å². The molecule has 0 aromatic heterocycles. The quantitative estimate of drug-likeness (QED) is 0.825. The van der Waals surface area contributed by atoms with Crippen molar-refractivity contribution >= 4 is 5.91 Å². The van der Waals surface area contributed by atoms with E-state index in [1.54, 1.807) is 14.0 Å². The van der Waals surface area contributed by atoms with Gasteiger partial charge >= 0.3 is 0 Å². The summed E-state index contributed by atoms with van der Waals surface area (Å²) in [5.74, 6) is 0.761. The molecule has 3 N–H and O–H groups in total. The minimum atomic E-state index is -0.863. The average molecular weight is 264 g/mol. The van der Waals surface area contributed by atoms with E-state index < -0.39 is 11.4 Å². The zero-order valence-electron chi connectivity index (χ0n) is 12.4. The highest BCUT2D eigenvalue weighted by atomic mass is 16.5. The fraction of sp³-hybridized carbons (Fsp3) is 0.533. The maximum atomic E-state index is 11.4. The smallest absolute Gasteiger partial charge is 0.240 e. The summed E-state index contributed by atoms with van der Waals surface area (Å²) in [4.78, 5) is 11.4. The van der Waals surface area contributed by atoms with E-state index in [1.165, 1.54) is 0 Å². The lowest BCUT2D eigenvalue weighted by molar-refractivity contribution is -0.124. The number of nitrogens with one attached hydrogen (secondary N) is 1. The van der Waals surface area contributed by atoms with Crippen LogP contribution in [0.4, 0.5) is 0 Å². The lowest BCUT2D eigenvalue weighted by atomic mass is 10.00. The molecule has 0 heterocycles. The van der Waals surface area contributed by atoms with Crippen LogP contribution in [0.5, 0.6) is 5.75 Å². The largest absolute Gasteiger partial charge is 0.491 e. The molecule has 0 radical (unpaired) electrons. The molecular weight excluding hydrogens is 240 g/mol. The number of carbonyl (C=O) groups is 1. The standard InChI is InChI=1S/C15H24N2O2/c1-10(2)12-7-6-11(3)8-13(12)19-9-15(4,17-5)14(16)18/h6-8,10,17H,9H2,1-5H3,(H2,16,18). The molecule has 106 valence electrons. The van der Waals surface area contributed by atoms with Gasteiger partial charge in [0.15, 0.2) is 0 Å². The van der Waals surface area contributed by atoms with Crippen LogP contribution in [0.25, 0.3) is 0 Å². The number of amides is 1. The van der Waals surface area contributed by atoms with Crippen LogP contribution in [0.2, 0.25) is 0 Å². The summed E-state index contributed by atoms with van der Waals surface area (Å²) in [5, 5.41) is 2.91. The Morgan fingerprint density at radius 2 is 2.11 bits per heavy atom. The monoisotopic (exact) mass is 264 g/mol. The molecule has 0 fully saturated rings. The topological polar surface area (TPSA) is 64.3 Å². The Morgan fingerprint density at radius 3 is 2.58 bits per heavy atom. The Balaban J connectivity index is 2.93.